The van der Waals surface area contributed by atoms with Crippen molar-refractivity contribution >= 4 is 17.4 Å². The smallest absolute Gasteiger partial charge is 0.266 e. The van der Waals surface area contributed by atoms with Crippen LogP contribution in [0.4, 0.5) is 11.5 Å². The van der Waals surface area contributed by atoms with Crippen LogP contribution in [0, 0.1) is 5.92 Å². The first kappa shape index (κ1) is 17.2. The fourth-order valence-corrected chi connectivity index (χ4v) is 3.34. The average molecular weight is 340 g/mol. The van der Waals surface area contributed by atoms with E-state index < -0.39 is 0 Å². The van der Waals surface area contributed by atoms with Gasteiger partial charge in [0, 0.05) is 38.4 Å². The predicted molar refractivity (Wildman–Crippen MR) is 98.9 cm³/mol. The number of nitrogens with zero attached hydrogens (tertiary/aromatic N) is 4. The quantitative estimate of drug-likeness (QED) is 0.855. The predicted octanol–water partition coefficient (Wildman–Crippen LogP) is 2.05. The van der Waals surface area contributed by atoms with E-state index in [1.165, 1.54) is 10.7 Å². The van der Waals surface area contributed by atoms with Crippen molar-refractivity contribution in [1.82, 2.24) is 9.78 Å². The maximum Gasteiger partial charge on any atom is 0.266 e. The van der Waals surface area contributed by atoms with Crippen molar-refractivity contribution in [1.29, 1.82) is 0 Å². The Morgan fingerprint density at radius 3 is 2.68 bits per heavy atom. The SMILES string of the molecule is CCN(C(=O)C1CCCN(c2ccc(=O)n(C)n2)C1)c1ccccc1. The highest BCUT2D eigenvalue weighted by Gasteiger charge is 2.30. The van der Waals surface area contributed by atoms with Gasteiger partial charge in [0.05, 0.1) is 5.92 Å². The Labute approximate surface area is 147 Å². The van der Waals surface area contributed by atoms with Gasteiger partial charge in [0.2, 0.25) is 5.91 Å². The summed E-state index contributed by atoms with van der Waals surface area (Å²) in [5.74, 6) is 0.846. The summed E-state index contributed by atoms with van der Waals surface area (Å²) in [6.07, 6.45) is 1.82. The van der Waals surface area contributed by atoms with Gasteiger partial charge >= 0.3 is 0 Å². The molecule has 6 heteroatoms. The van der Waals surface area contributed by atoms with E-state index in [4.69, 9.17) is 0 Å². The van der Waals surface area contributed by atoms with Gasteiger partial charge in [-0.1, -0.05) is 18.2 Å². The third kappa shape index (κ3) is 3.73. The van der Waals surface area contributed by atoms with Gasteiger partial charge in [-0.25, -0.2) is 4.68 Å². The number of aromatic nitrogens is 2. The molecule has 1 aliphatic heterocycles. The zero-order valence-electron chi connectivity index (χ0n) is 14.8. The molecule has 6 nitrogen and oxygen atoms in total. The van der Waals surface area contributed by atoms with Crippen molar-refractivity contribution in [2.45, 2.75) is 19.8 Å². The molecule has 1 aliphatic rings. The lowest BCUT2D eigenvalue weighted by atomic mass is 9.96. The number of amides is 1. The molecule has 132 valence electrons. The zero-order chi connectivity index (χ0) is 17.8. The number of carbonyl (C=O) groups is 1. The van der Waals surface area contributed by atoms with E-state index in [1.807, 2.05) is 42.2 Å². The molecule has 0 bridgehead atoms. The molecule has 1 amide bonds. The summed E-state index contributed by atoms with van der Waals surface area (Å²) in [6, 6.07) is 13.1. The second-order valence-corrected chi connectivity index (χ2v) is 6.36. The van der Waals surface area contributed by atoms with Gasteiger partial charge in [0.15, 0.2) is 0 Å². The number of piperidine rings is 1. The van der Waals surface area contributed by atoms with E-state index in [0.29, 0.717) is 13.1 Å². The summed E-state index contributed by atoms with van der Waals surface area (Å²) in [4.78, 5) is 28.5. The lowest BCUT2D eigenvalue weighted by Gasteiger charge is -2.35. The van der Waals surface area contributed by atoms with Crippen molar-refractivity contribution in [3.63, 3.8) is 0 Å². The van der Waals surface area contributed by atoms with Crippen LogP contribution in [0.2, 0.25) is 0 Å². The van der Waals surface area contributed by atoms with Crippen LogP contribution in [-0.4, -0.2) is 35.3 Å². The highest BCUT2D eigenvalue weighted by molar-refractivity contribution is 5.95. The van der Waals surface area contributed by atoms with Crippen LogP contribution in [0.5, 0.6) is 0 Å². The first-order valence-electron chi connectivity index (χ1n) is 8.76. The van der Waals surface area contributed by atoms with Crippen molar-refractivity contribution < 1.29 is 4.79 Å². The number of aryl methyl sites for hydroxylation is 1. The maximum atomic E-state index is 13.1. The number of para-hydroxylation sites is 1. The van der Waals surface area contributed by atoms with Crippen molar-refractivity contribution in [3.8, 4) is 0 Å². The molecule has 1 saturated heterocycles. The summed E-state index contributed by atoms with van der Waals surface area (Å²) in [5, 5.41) is 4.32. The third-order valence-corrected chi connectivity index (χ3v) is 4.69. The normalized spacial score (nSPS) is 17.4. The molecule has 1 unspecified atom stereocenters. The molecule has 0 N–H and O–H groups in total. The molecule has 1 aromatic carbocycles. The number of rotatable bonds is 4. The molecule has 25 heavy (non-hydrogen) atoms. The van der Waals surface area contributed by atoms with E-state index in [2.05, 4.69) is 10.00 Å². The van der Waals surface area contributed by atoms with E-state index in [9.17, 15) is 9.59 Å². The Kier molecular flexibility index (Phi) is 5.16. The monoisotopic (exact) mass is 340 g/mol. The van der Waals surface area contributed by atoms with Crippen LogP contribution in [-0.2, 0) is 11.8 Å². The highest BCUT2D eigenvalue weighted by Crippen LogP contribution is 2.25. The molecular weight excluding hydrogens is 316 g/mol. The Bertz CT molecular complexity index is 788. The van der Waals surface area contributed by atoms with E-state index in [0.717, 1.165) is 30.9 Å². The number of carbonyl (C=O) groups excluding carboxylic acids is 1. The highest BCUT2D eigenvalue weighted by atomic mass is 16.2. The summed E-state index contributed by atoms with van der Waals surface area (Å²) >= 11 is 0. The van der Waals surface area contributed by atoms with Crippen LogP contribution in [0.25, 0.3) is 0 Å². The van der Waals surface area contributed by atoms with Gasteiger partial charge in [0.25, 0.3) is 5.56 Å². The molecule has 2 aromatic rings. The summed E-state index contributed by atoms with van der Waals surface area (Å²) < 4.78 is 1.34. The van der Waals surface area contributed by atoms with Gasteiger partial charge in [-0.3, -0.25) is 9.59 Å². The largest absolute Gasteiger partial charge is 0.354 e. The summed E-state index contributed by atoms with van der Waals surface area (Å²) in [6.45, 7) is 4.14. The molecule has 0 spiro atoms. The average Bonchev–Trinajstić information content (AvgIpc) is 2.65. The molecule has 1 fully saturated rings. The van der Waals surface area contributed by atoms with E-state index >= 15 is 0 Å². The molecule has 3 rings (SSSR count). The molecule has 0 radical (unpaired) electrons. The molecule has 0 aliphatic carbocycles. The minimum atomic E-state index is -0.130. The molecule has 1 atom stereocenters. The number of hydrogen-bond donors (Lipinski definition) is 0. The number of benzene rings is 1. The Morgan fingerprint density at radius 2 is 2.00 bits per heavy atom. The molecular formula is C19H24N4O2. The Hall–Kier alpha value is -2.63. The first-order valence-corrected chi connectivity index (χ1v) is 8.76. The second kappa shape index (κ2) is 7.51. The molecule has 2 heterocycles. The minimum absolute atomic E-state index is 0.0621. The Balaban J connectivity index is 1.77. The van der Waals surface area contributed by atoms with Gasteiger partial charge in [-0.2, -0.15) is 5.10 Å². The van der Waals surface area contributed by atoms with Gasteiger partial charge in [-0.15, -0.1) is 0 Å². The minimum Gasteiger partial charge on any atom is -0.354 e. The number of hydrogen-bond acceptors (Lipinski definition) is 4. The van der Waals surface area contributed by atoms with Gasteiger partial charge in [-0.05, 0) is 38.0 Å². The first-order chi connectivity index (χ1) is 12.1. The van der Waals surface area contributed by atoms with Crippen LogP contribution in [0.15, 0.2) is 47.3 Å². The molecule has 0 saturated carbocycles. The van der Waals surface area contributed by atoms with Crippen molar-refractivity contribution in [2.75, 3.05) is 29.4 Å². The van der Waals surface area contributed by atoms with Gasteiger partial charge < -0.3 is 9.80 Å². The lowest BCUT2D eigenvalue weighted by Crippen LogP contribution is -2.45. The van der Waals surface area contributed by atoms with E-state index in [-0.39, 0.29) is 17.4 Å². The fraction of sp³-hybridized carbons (Fsp3) is 0.421. The third-order valence-electron chi connectivity index (χ3n) is 4.69. The van der Waals surface area contributed by atoms with Crippen LogP contribution in [0.1, 0.15) is 19.8 Å². The summed E-state index contributed by atoms with van der Waals surface area (Å²) in [7, 11) is 1.65. The number of anilines is 2. The maximum absolute atomic E-state index is 13.1. The lowest BCUT2D eigenvalue weighted by molar-refractivity contribution is -0.122. The van der Waals surface area contributed by atoms with Crippen molar-refractivity contribution in [3.05, 3.63) is 52.8 Å². The zero-order valence-corrected chi connectivity index (χ0v) is 14.8. The second-order valence-electron chi connectivity index (χ2n) is 6.36. The van der Waals surface area contributed by atoms with E-state index in [1.54, 1.807) is 13.1 Å². The Morgan fingerprint density at radius 1 is 1.24 bits per heavy atom. The topological polar surface area (TPSA) is 58.4 Å². The van der Waals surface area contributed by atoms with Crippen LogP contribution < -0.4 is 15.4 Å². The van der Waals surface area contributed by atoms with Gasteiger partial charge in [0.1, 0.15) is 5.82 Å². The van der Waals surface area contributed by atoms with Crippen LogP contribution in [0.3, 0.4) is 0 Å². The summed E-state index contributed by atoms with van der Waals surface area (Å²) in [5.41, 5.74) is 0.807. The van der Waals surface area contributed by atoms with Crippen LogP contribution >= 0.6 is 0 Å². The standard InChI is InChI=1S/C19H24N4O2/c1-3-23(16-9-5-4-6-10-16)19(25)15-8-7-13-22(14-15)17-11-12-18(24)21(2)20-17/h4-6,9-12,15H,3,7-8,13-14H2,1-2H3. The van der Waals surface area contributed by atoms with Crippen molar-refractivity contribution in [2.24, 2.45) is 13.0 Å². The molecule has 1 aromatic heterocycles. The fourth-order valence-electron chi connectivity index (χ4n) is 3.34.